The minimum absolute atomic E-state index is 0.207. The van der Waals surface area contributed by atoms with E-state index in [0.29, 0.717) is 5.75 Å². The van der Waals surface area contributed by atoms with Crippen molar-refractivity contribution >= 4 is 20.7 Å². The topological polar surface area (TPSA) is 71.6 Å². The van der Waals surface area contributed by atoms with Gasteiger partial charge in [-0.2, -0.15) is 0 Å². The average Bonchev–Trinajstić information content (AvgIpc) is 3.07. The monoisotopic (exact) mass is 412 g/mol. The molecule has 29 heavy (non-hydrogen) atoms. The normalized spacial score (nSPS) is 18.8. The van der Waals surface area contributed by atoms with Crippen LogP contribution in [-0.2, 0) is 29.2 Å². The summed E-state index contributed by atoms with van der Waals surface area (Å²) in [7, 11) is -0.127. The van der Waals surface area contributed by atoms with E-state index in [4.69, 9.17) is 9.47 Å². The van der Waals surface area contributed by atoms with Crippen molar-refractivity contribution in [1.82, 2.24) is 9.88 Å². The number of ether oxygens (including phenoxy) is 2. The molecule has 2 aliphatic rings. The third-order valence-corrected chi connectivity index (χ3v) is 7.37. The third-order valence-electron chi connectivity index (χ3n) is 6.25. The number of hydrogen-bond acceptors (Lipinski definition) is 5. The van der Waals surface area contributed by atoms with Crippen LogP contribution in [0.5, 0.6) is 11.5 Å². The zero-order valence-electron chi connectivity index (χ0n) is 16.8. The molecule has 3 heterocycles. The van der Waals surface area contributed by atoms with Crippen molar-refractivity contribution in [2.45, 2.75) is 30.3 Å². The highest BCUT2D eigenvalue weighted by Gasteiger charge is 2.35. The van der Waals surface area contributed by atoms with Crippen LogP contribution < -0.4 is 9.47 Å². The number of aromatic nitrogens is 1. The van der Waals surface area contributed by atoms with E-state index in [2.05, 4.69) is 22.0 Å². The fourth-order valence-electron chi connectivity index (χ4n) is 4.81. The average molecular weight is 413 g/mol. The van der Waals surface area contributed by atoms with Gasteiger partial charge < -0.3 is 14.5 Å². The van der Waals surface area contributed by atoms with Gasteiger partial charge in [-0.25, -0.2) is 8.42 Å². The van der Waals surface area contributed by atoms with Crippen LogP contribution in [0.15, 0.2) is 35.2 Å². The minimum Gasteiger partial charge on any atom is -0.497 e. The molecule has 152 valence electrons. The molecular formula is C22H24N2O4S. The Morgan fingerprint density at radius 2 is 1.97 bits per heavy atom. The summed E-state index contributed by atoms with van der Waals surface area (Å²) in [6.07, 6.45) is 2.94. The molecule has 3 aromatic rings. The molecule has 2 aliphatic heterocycles. The van der Waals surface area contributed by atoms with Gasteiger partial charge in [-0.05, 0) is 59.9 Å². The lowest BCUT2D eigenvalue weighted by Gasteiger charge is -2.40. The lowest BCUT2D eigenvalue weighted by Crippen LogP contribution is -2.39. The van der Waals surface area contributed by atoms with E-state index in [1.807, 2.05) is 18.2 Å². The Balaban J connectivity index is 1.62. The van der Waals surface area contributed by atoms with E-state index in [9.17, 15) is 8.42 Å². The van der Waals surface area contributed by atoms with Crippen LogP contribution in [0, 0.1) is 0 Å². The fraction of sp³-hybridized carbons (Fsp3) is 0.364. The number of H-pyrrole nitrogens is 1. The number of hydrogen-bond donors (Lipinski definition) is 1. The van der Waals surface area contributed by atoms with E-state index in [1.54, 1.807) is 7.11 Å². The molecular weight excluding hydrogens is 388 g/mol. The zero-order valence-corrected chi connectivity index (χ0v) is 17.6. The number of nitrogens with one attached hydrogen (secondary N) is 1. The maximum atomic E-state index is 12.2. The Hall–Kier alpha value is -2.51. The first kappa shape index (κ1) is 18.5. The SMILES string of the molecule is COc1ccc2[nH]c3c(c2c1)C[C@H]1c2cc(OC)c(S(C)(=O)=O)cc2CCN1C3. The van der Waals surface area contributed by atoms with Crippen LogP contribution in [0.4, 0.5) is 0 Å². The smallest absolute Gasteiger partial charge is 0.179 e. The standard InChI is InChI=1S/C22H24N2O4S/c1-27-14-4-5-18-16(9-14)17-10-20-15-11-21(28-2)22(29(3,25)26)8-13(15)6-7-24(20)12-19(17)23-18/h4-5,8-9,11,20,23H,6-7,10,12H2,1-3H3/t20-/m0/s1. The van der Waals surface area contributed by atoms with E-state index in [1.165, 1.54) is 35.6 Å². The molecule has 0 amide bonds. The van der Waals surface area contributed by atoms with E-state index >= 15 is 0 Å². The van der Waals surface area contributed by atoms with E-state index in [-0.39, 0.29) is 10.9 Å². The molecule has 1 atom stereocenters. The number of benzene rings is 2. The largest absolute Gasteiger partial charge is 0.497 e. The molecule has 0 unspecified atom stereocenters. The molecule has 0 bridgehead atoms. The molecule has 6 nitrogen and oxygen atoms in total. The maximum Gasteiger partial charge on any atom is 0.179 e. The Kier molecular flexibility index (Phi) is 4.15. The molecule has 5 rings (SSSR count). The summed E-state index contributed by atoms with van der Waals surface area (Å²) < 4.78 is 35.3. The highest BCUT2D eigenvalue weighted by atomic mass is 32.2. The van der Waals surface area contributed by atoms with Gasteiger partial charge in [0.05, 0.1) is 14.2 Å². The predicted molar refractivity (Wildman–Crippen MR) is 112 cm³/mol. The summed E-state index contributed by atoms with van der Waals surface area (Å²) in [6.45, 7) is 1.76. The Morgan fingerprint density at radius 3 is 2.69 bits per heavy atom. The molecule has 0 spiro atoms. The lowest BCUT2D eigenvalue weighted by atomic mass is 9.85. The van der Waals surface area contributed by atoms with Gasteiger partial charge in [-0.1, -0.05) is 0 Å². The Labute approximate surface area is 170 Å². The van der Waals surface area contributed by atoms with Gasteiger partial charge in [0.2, 0.25) is 0 Å². The van der Waals surface area contributed by atoms with Crippen molar-refractivity contribution in [3.05, 3.63) is 52.7 Å². The first-order valence-electron chi connectivity index (χ1n) is 9.71. The molecule has 2 aromatic carbocycles. The number of sulfone groups is 1. The van der Waals surface area contributed by atoms with Crippen molar-refractivity contribution in [3.63, 3.8) is 0 Å². The summed E-state index contributed by atoms with van der Waals surface area (Å²) in [5, 5.41) is 1.20. The van der Waals surface area contributed by atoms with Gasteiger partial charge in [0, 0.05) is 42.0 Å². The van der Waals surface area contributed by atoms with Gasteiger partial charge in [0.25, 0.3) is 0 Å². The number of rotatable bonds is 3. The quantitative estimate of drug-likeness (QED) is 0.715. The lowest BCUT2D eigenvalue weighted by molar-refractivity contribution is 0.159. The highest BCUT2D eigenvalue weighted by Crippen LogP contribution is 2.43. The summed E-state index contributed by atoms with van der Waals surface area (Å²) in [5.74, 6) is 1.28. The number of methoxy groups -OCH3 is 2. The molecule has 0 aliphatic carbocycles. The summed E-state index contributed by atoms with van der Waals surface area (Å²) in [6, 6.07) is 10.1. The Bertz CT molecular complexity index is 1230. The van der Waals surface area contributed by atoms with Crippen LogP contribution in [0.1, 0.15) is 28.4 Å². The highest BCUT2D eigenvalue weighted by molar-refractivity contribution is 7.90. The van der Waals surface area contributed by atoms with Crippen LogP contribution in [-0.4, -0.2) is 45.3 Å². The van der Waals surface area contributed by atoms with Crippen molar-refractivity contribution in [2.24, 2.45) is 0 Å². The number of fused-ring (bicyclic) bond motifs is 6. The van der Waals surface area contributed by atoms with E-state index < -0.39 is 9.84 Å². The zero-order chi connectivity index (χ0) is 20.3. The van der Waals surface area contributed by atoms with Crippen molar-refractivity contribution in [2.75, 3.05) is 27.0 Å². The third kappa shape index (κ3) is 2.91. The van der Waals surface area contributed by atoms with Crippen molar-refractivity contribution < 1.29 is 17.9 Å². The molecule has 1 N–H and O–H groups in total. The molecule has 1 aromatic heterocycles. The van der Waals surface area contributed by atoms with Crippen LogP contribution >= 0.6 is 0 Å². The molecule has 0 fully saturated rings. The van der Waals surface area contributed by atoms with Crippen molar-refractivity contribution in [1.29, 1.82) is 0 Å². The fourth-order valence-corrected chi connectivity index (χ4v) is 5.68. The Morgan fingerprint density at radius 1 is 1.14 bits per heavy atom. The van der Waals surface area contributed by atoms with Crippen LogP contribution in [0.2, 0.25) is 0 Å². The molecule has 0 saturated carbocycles. The predicted octanol–water partition coefficient (Wildman–Crippen LogP) is 3.24. The summed E-state index contributed by atoms with van der Waals surface area (Å²) in [4.78, 5) is 6.32. The van der Waals surface area contributed by atoms with Gasteiger partial charge in [-0.15, -0.1) is 0 Å². The van der Waals surface area contributed by atoms with Crippen LogP contribution in [0.25, 0.3) is 10.9 Å². The first-order valence-corrected chi connectivity index (χ1v) is 11.6. The minimum atomic E-state index is -3.34. The summed E-state index contributed by atoms with van der Waals surface area (Å²) in [5.41, 5.74) is 5.98. The van der Waals surface area contributed by atoms with Crippen molar-refractivity contribution in [3.8, 4) is 11.5 Å². The maximum absolute atomic E-state index is 12.2. The van der Waals surface area contributed by atoms with Gasteiger partial charge in [0.1, 0.15) is 16.4 Å². The second-order valence-electron chi connectivity index (χ2n) is 7.91. The second kappa shape index (κ2) is 6.50. The molecule has 0 saturated heterocycles. The van der Waals surface area contributed by atoms with Crippen LogP contribution in [0.3, 0.4) is 0 Å². The second-order valence-corrected chi connectivity index (χ2v) is 9.89. The molecule has 7 heteroatoms. The summed E-state index contributed by atoms with van der Waals surface area (Å²) >= 11 is 0. The molecule has 0 radical (unpaired) electrons. The number of aromatic amines is 1. The van der Waals surface area contributed by atoms with E-state index in [0.717, 1.165) is 42.8 Å². The van der Waals surface area contributed by atoms with Gasteiger partial charge in [-0.3, -0.25) is 4.90 Å². The number of nitrogens with zero attached hydrogens (tertiary/aromatic N) is 1. The van der Waals surface area contributed by atoms with Gasteiger partial charge in [0.15, 0.2) is 9.84 Å². The first-order chi connectivity index (χ1) is 13.9. The van der Waals surface area contributed by atoms with Gasteiger partial charge >= 0.3 is 0 Å².